The maximum Gasteiger partial charge on any atom is 0.418 e. The Balaban J connectivity index is 1.35. The van der Waals surface area contributed by atoms with Crippen LogP contribution in [0, 0.1) is 11.6 Å². The number of hydrogen-bond acceptors (Lipinski definition) is 9. The summed E-state index contributed by atoms with van der Waals surface area (Å²) in [5.41, 5.74) is 0.979. The summed E-state index contributed by atoms with van der Waals surface area (Å²) in [7, 11) is 4.66. The van der Waals surface area contributed by atoms with E-state index in [-0.39, 0.29) is 39.4 Å². The summed E-state index contributed by atoms with van der Waals surface area (Å²) in [6.07, 6.45) is 3.68. The summed E-state index contributed by atoms with van der Waals surface area (Å²) in [5, 5.41) is 2.61. The largest absolute Gasteiger partial charge is 0.494 e. The Morgan fingerprint density at radius 3 is 2.26 bits per heavy atom. The predicted molar refractivity (Wildman–Crippen MR) is 154 cm³/mol. The molecule has 1 N–H and O–H groups in total. The minimum absolute atomic E-state index is 0.0329. The highest BCUT2D eigenvalue weighted by atomic mass is 19.1. The van der Waals surface area contributed by atoms with Gasteiger partial charge < -0.3 is 19.1 Å². The van der Waals surface area contributed by atoms with Crippen LogP contribution in [-0.2, 0) is 6.54 Å². The zero-order valence-corrected chi connectivity index (χ0v) is 24.1. The number of carbonyl (C=O) groups is 1. The number of nitrogens with zero attached hydrogens (tertiary/aromatic N) is 5. The number of carbonyl (C=O) groups excluding carboxylic acids is 1. The molecule has 0 aliphatic carbocycles. The summed E-state index contributed by atoms with van der Waals surface area (Å²) in [6.45, 7) is 8.13. The van der Waals surface area contributed by atoms with E-state index in [1.54, 1.807) is 12.3 Å². The van der Waals surface area contributed by atoms with E-state index in [9.17, 15) is 4.79 Å². The Kier molecular flexibility index (Phi) is 8.19. The number of halogens is 2. The van der Waals surface area contributed by atoms with Gasteiger partial charge in [0.1, 0.15) is 16.9 Å². The van der Waals surface area contributed by atoms with Crippen LogP contribution >= 0.6 is 0 Å². The quantitative estimate of drug-likeness (QED) is 0.320. The molecule has 1 fully saturated rings. The van der Waals surface area contributed by atoms with Crippen molar-refractivity contribution in [3.8, 4) is 28.4 Å². The zero-order chi connectivity index (χ0) is 30.0. The number of anilines is 1. The predicted octanol–water partition coefficient (Wildman–Crippen LogP) is 5.12. The molecule has 2 aromatic carbocycles. The maximum atomic E-state index is 15.3. The van der Waals surface area contributed by atoms with Crippen LogP contribution in [0.3, 0.4) is 0 Å². The molecule has 3 heterocycles. The van der Waals surface area contributed by atoms with Crippen LogP contribution in [0.2, 0.25) is 0 Å². The second-order valence-electron chi connectivity index (χ2n) is 10.7. The van der Waals surface area contributed by atoms with Gasteiger partial charge in [-0.1, -0.05) is 6.07 Å². The van der Waals surface area contributed by atoms with Gasteiger partial charge in [-0.2, -0.15) is 0 Å². The van der Waals surface area contributed by atoms with Gasteiger partial charge in [-0.25, -0.2) is 23.5 Å². The molecule has 5 rings (SSSR count). The zero-order valence-electron chi connectivity index (χ0n) is 24.1. The van der Waals surface area contributed by atoms with E-state index in [0.717, 1.165) is 37.8 Å². The molecule has 12 heteroatoms. The Hall–Kier alpha value is -4.42. The second kappa shape index (κ2) is 11.8. The fourth-order valence-electron chi connectivity index (χ4n) is 5.21. The number of benzene rings is 2. The highest BCUT2D eigenvalue weighted by Crippen LogP contribution is 2.41. The minimum Gasteiger partial charge on any atom is -0.494 e. The average molecular weight is 579 g/mol. The number of hydrogen-bond donors (Lipinski definition) is 1. The molecular weight excluding hydrogens is 546 g/mol. The lowest BCUT2D eigenvalue weighted by Crippen LogP contribution is -2.57. The molecule has 220 valence electrons. The van der Waals surface area contributed by atoms with Crippen molar-refractivity contribution in [1.82, 2.24) is 24.8 Å². The van der Waals surface area contributed by atoms with E-state index in [2.05, 4.69) is 51.0 Å². The molecule has 0 unspecified atom stereocenters. The molecule has 42 heavy (non-hydrogen) atoms. The van der Waals surface area contributed by atoms with Crippen molar-refractivity contribution in [1.29, 1.82) is 0 Å². The topological polar surface area (TPSA) is 102 Å². The van der Waals surface area contributed by atoms with Crippen LogP contribution in [0.1, 0.15) is 19.4 Å². The van der Waals surface area contributed by atoms with Crippen LogP contribution in [-0.4, -0.2) is 77.3 Å². The van der Waals surface area contributed by atoms with Crippen LogP contribution in [0.15, 0.2) is 48.9 Å². The summed E-state index contributed by atoms with van der Waals surface area (Å²) in [6, 6.07) is 7.54. The number of amides is 1. The van der Waals surface area contributed by atoms with Gasteiger partial charge >= 0.3 is 6.09 Å². The van der Waals surface area contributed by atoms with Crippen molar-refractivity contribution in [3.05, 3.63) is 66.1 Å². The molecule has 2 aromatic heterocycles. The lowest BCUT2D eigenvalue weighted by molar-refractivity contribution is 0.0253. The van der Waals surface area contributed by atoms with Gasteiger partial charge in [-0.05, 0) is 44.7 Å². The van der Waals surface area contributed by atoms with Crippen molar-refractivity contribution >= 4 is 22.9 Å². The van der Waals surface area contributed by atoms with Crippen molar-refractivity contribution in [2.24, 2.45) is 0 Å². The number of aromatic nitrogens is 3. The first-order valence-corrected chi connectivity index (χ1v) is 13.3. The second-order valence-corrected chi connectivity index (χ2v) is 10.7. The summed E-state index contributed by atoms with van der Waals surface area (Å²) in [4.78, 5) is 30.4. The van der Waals surface area contributed by atoms with Crippen molar-refractivity contribution < 1.29 is 27.8 Å². The molecule has 1 aliphatic rings. The van der Waals surface area contributed by atoms with E-state index < -0.39 is 23.3 Å². The van der Waals surface area contributed by atoms with Crippen molar-refractivity contribution in [3.63, 3.8) is 0 Å². The minimum atomic E-state index is -0.931. The normalized spacial score (nSPS) is 15.4. The molecule has 0 bridgehead atoms. The highest BCUT2D eigenvalue weighted by Gasteiger charge is 2.32. The number of ether oxygens (including phenoxy) is 3. The van der Waals surface area contributed by atoms with Crippen LogP contribution < -0.4 is 19.5 Å². The Morgan fingerprint density at radius 2 is 1.64 bits per heavy atom. The average Bonchev–Trinajstić information content (AvgIpc) is 2.96. The lowest BCUT2D eigenvalue weighted by Gasteiger charge is -2.46. The monoisotopic (exact) mass is 578 g/mol. The molecular formula is C30H32F2N6O4. The summed E-state index contributed by atoms with van der Waals surface area (Å²) >= 11 is 0. The number of piperazine rings is 1. The number of rotatable bonds is 7. The SMILES string of the molecule is COc1cc(OC)c(F)c(-c2ccc(OC(=O)Nc3ccc(CN4CCN(C)CC4(C)C)cn3)c3nccnc23)c1F. The molecule has 10 nitrogen and oxygen atoms in total. The molecule has 0 radical (unpaired) electrons. The van der Waals surface area contributed by atoms with Crippen molar-refractivity contribution in [2.75, 3.05) is 46.2 Å². The Labute approximate surface area is 242 Å². The van der Waals surface area contributed by atoms with E-state index in [4.69, 9.17) is 14.2 Å². The van der Waals surface area contributed by atoms with Crippen LogP contribution in [0.25, 0.3) is 22.2 Å². The molecule has 1 amide bonds. The number of nitrogens with one attached hydrogen (secondary N) is 1. The molecule has 0 atom stereocenters. The number of pyridine rings is 1. The lowest BCUT2D eigenvalue weighted by atomic mass is 9.98. The first-order chi connectivity index (χ1) is 20.1. The van der Waals surface area contributed by atoms with Crippen LogP contribution in [0.4, 0.5) is 19.4 Å². The van der Waals surface area contributed by atoms with Gasteiger partial charge in [-0.3, -0.25) is 15.2 Å². The van der Waals surface area contributed by atoms with Crippen molar-refractivity contribution in [2.45, 2.75) is 25.9 Å². The Morgan fingerprint density at radius 1 is 0.952 bits per heavy atom. The van der Waals surface area contributed by atoms with E-state index in [1.165, 1.54) is 38.7 Å². The fraction of sp³-hybridized carbons (Fsp3) is 0.333. The number of fused-ring (bicyclic) bond motifs is 1. The third kappa shape index (κ3) is 5.81. The maximum absolute atomic E-state index is 15.3. The highest BCUT2D eigenvalue weighted by molar-refractivity contribution is 5.97. The molecule has 1 aliphatic heterocycles. The van der Waals surface area contributed by atoms with E-state index in [0.29, 0.717) is 5.82 Å². The standard InChI is InChI=1S/C30H32F2N6O4/c1-30(2)17-37(3)12-13-38(30)16-18-6-9-23(35-15-18)36-29(39)42-20-8-7-19(27-28(20)34-11-10-33-27)24-25(31)21(40-4)14-22(41-5)26(24)32/h6-11,14-15H,12-13,16-17H2,1-5H3,(H,35,36,39). The van der Waals surface area contributed by atoms with Gasteiger partial charge in [0.2, 0.25) is 0 Å². The first kappa shape index (κ1) is 29.1. The van der Waals surface area contributed by atoms with Gasteiger partial charge in [0.25, 0.3) is 0 Å². The van der Waals surface area contributed by atoms with Crippen LogP contribution in [0.5, 0.6) is 17.2 Å². The van der Waals surface area contributed by atoms with E-state index in [1.807, 2.05) is 6.07 Å². The first-order valence-electron chi connectivity index (χ1n) is 13.3. The summed E-state index contributed by atoms with van der Waals surface area (Å²) < 4.78 is 46.2. The number of methoxy groups -OCH3 is 2. The molecule has 0 saturated carbocycles. The number of likely N-dealkylation sites (N-methyl/N-ethyl adjacent to an activating group) is 1. The Bertz CT molecular complexity index is 1590. The fourth-order valence-corrected chi connectivity index (χ4v) is 5.21. The van der Waals surface area contributed by atoms with E-state index >= 15 is 8.78 Å². The smallest absolute Gasteiger partial charge is 0.418 e. The summed E-state index contributed by atoms with van der Waals surface area (Å²) in [5.74, 6) is -1.92. The van der Waals surface area contributed by atoms with Gasteiger partial charge in [0.15, 0.2) is 28.9 Å². The third-order valence-electron chi connectivity index (χ3n) is 7.33. The van der Waals surface area contributed by atoms with Gasteiger partial charge in [-0.15, -0.1) is 0 Å². The third-order valence-corrected chi connectivity index (χ3v) is 7.33. The molecule has 0 spiro atoms. The molecule has 1 saturated heterocycles. The van der Waals surface area contributed by atoms with Gasteiger partial charge in [0, 0.05) is 61.9 Å². The van der Waals surface area contributed by atoms with Gasteiger partial charge in [0.05, 0.1) is 19.8 Å². The molecule has 4 aromatic rings.